The van der Waals surface area contributed by atoms with E-state index >= 15 is 0 Å². The molecular weight excluding hydrogens is 316 g/mol. The summed E-state index contributed by atoms with van der Waals surface area (Å²) < 4.78 is 10.2. The zero-order chi connectivity index (χ0) is 17.9. The number of nitrogens with one attached hydrogen (secondary N) is 1. The van der Waals surface area contributed by atoms with Gasteiger partial charge in [0.2, 0.25) is 0 Å². The predicted octanol–water partition coefficient (Wildman–Crippen LogP) is 3.23. The zero-order valence-electron chi connectivity index (χ0n) is 13.9. The maximum Gasteiger partial charge on any atom is 0.407 e. The van der Waals surface area contributed by atoms with Gasteiger partial charge < -0.3 is 14.8 Å². The molecule has 126 valence electrons. The topological polar surface area (TPSA) is 71.3 Å². The molecule has 0 aliphatic heterocycles. The Labute approximate surface area is 147 Å². The van der Waals surface area contributed by atoms with Gasteiger partial charge in [0.1, 0.15) is 24.0 Å². The van der Waals surface area contributed by atoms with E-state index in [0.717, 1.165) is 5.56 Å². The quantitative estimate of drug-likeness (QED) is 0.673. The standard InChI is InChI=1S/C20H18N2O3/c1-24-19-12-7-11-17(18(19)14-21)10-5-6-13-22-20(23)25-15-16-8-3-2-4-9-16/h2-4,7-9,11-12H,6,13,15H2,1H3,(H,22,23). The number of nitrogens with zero attached hydrogens (tertiary/aromatic N) is 1. The van der Waals surface area contributed by atoms with Crippen LogP contribution in [0.25, 0.3) is 0 Å². The minimum absolute atomic E-state index is 0.230. The van der Waals surface area contributed by atoms with Crippen LogP contribution < -0.4 is 10.1 Å². The summed E-state index contributed by atoms with van der Waals surface area (Å²) in [6, 6.07) is 16.8. The van der Waals surface area contributed by atoms with E-state index in [-0.39, 0.29) is 6.61 Å². The van der Waals surface area contributed by atoms with Crippen molar-refractivity contribution in [1.29, 1.82) is 5.26 Å². The number of nitriles is 1. The average Bonchev–Trinajstić information content (AvgIpc) is 2.66. The highest BCUT2D eigenvalue weighted by Crippen LogP contribution is 2.20. The maximum absolute atomic E-state index is 11.6. The van der Waals surface area contributed by atoms with Crippen molar-refractivity contribution in [3.8, 4) is 23.7 Å². The van der Waals surface area contributed by atoms with Crippen LogP contribution in [0.3, 0.4) is 0 Å². The first-order chi connectivity index (χ1) is 12.2. The molecule has 0 saturated heterocycles. The molecule has 0 unspecified atom stereocenters. The van der Waals surface area contributed by atoms with Crippen molar-refractivity contribution in [1.82, 2.24) is 5.32 Å². The summed E-state index contributed by atoms with van der Waals surface area (Å²) in [6.45, 7) is 0.597. The number of amides is 1. The maximum atomic E-state index is 11.6. The molecule has 0 spiro atoms. The molecule has 2 aromatic carbocycles. The predicted molar refractivity (Wildman–Crippen MR) is 93.8 cm³/mol. The number of hydrogen-bond donors (Lipinski definition) is 1. The smallest absolute Gasteiger partial charge is 0.407 e. The third-order valence-electron chi connectivity index (χ3n) is 3.31. The van der Waals surface area contributed by atoms with Crippen molar-refractivity contribution < 1.29 is 14.3 Å². The van der Waals surface area contributed by atoms with Crippen LogP contribution in [0, 0.1) is 23.2 Å². The Bertz CT molecular complexity index is 814. The van der Waals surface area contributed by atoms with Crippen LogP contribution in [-0.2, 0) is 11.3 Å². The van der Waals surface area contributed by atoms with Crippen molar-refractivity contribution in [2.75, 3.05) is 13.7 Å². The Morgan fingerprint density at radius 2 is 1.96 bits per heavy atom. The second-order valence-corrected chi connectivity index (χ2v) is 5.03. The zero-order valence-corrected chi connectivity index (χ0v) is 13.9. The second-order valence-electron chi connectivity index (χ2n) is 5.03. The molecule has 25 heavy (non-hydrogen) atoms. The van der Waals surface area contributed by atoms with Gasteiger partial charge in [0.15, 0.2) is 0 Å². The summed E-state index contributed by atoms with van der Waals surface area (Å²) in [7, 11) is 1.51. The lowest BCUT2D eigenvalue weighted by Crippen LogP contribution is -2.24. The largest absolute Gasteiger partial charge is 0.495 e. The minimum atomic E-state index is -0.482. The van der Waals surface area contributed by atoms with Gasteiger partial charge in [0, 0.05) is 18.5 Å². The molecule has 0 heterocycles. The fourth-order valence-electron chi connectivity index (χ4n) is 2.08. The lowest BCUT2D eigenvalue weighted by molar-refractivity contribution is 0.140. The van der Waals surface area contributed by atoms with Crippen LogP contribution in [0.15, 0.2) is 48.5 Å². The van der Waals surface area contributed by atoms with E-state index in [1.807, 2.05) is 30.3 Å². The van der Waals surface area contributed by atoms with Gasteiger partial charge in [0.25, 0.3) is 0 Å². The summed E-state index contributed by atoms with van der Waals surface area (Å²) in [5.74, 6) is 6.35. The van der Waals surface area contributed by atoms with Crippen LogP contribution in [0.1, 0.15) is 23.1 Å². The van der Waals surface area contributed by atoms with E-state index in [2.05, 4.69) is 23.2 Å². The van der Waals surface area contributed by atoms with Crippen molar-refractivity contribution >= 4 is 6.09 Å². The number of methoxy groups -OCH3 is 1. The minimum Gasteiger partial charge on any atom is -0.495 e. The third kappa shape index (κ3) is 5.60. The van der Waals surface area contributed by atoms with Gasteiger partial charge in [-0.05, 0) is 17.7 Å². The third-order valence-corrected chi connectivity index (χ3v) is 3.31. The van der Waals surface area contributed by atoms with Crippen LogP contribution in [-0.4, -0.2) is 19.7 Å². The number of rotatable bonds is 5. The van der Waals surface area contributed by atoms with Crippen LogP contribution in [0.2, 0.25) is 0 Å². The lowest BCUT2D eigenvalue weighted by atomic mass is 10.1. The van der Waals surface area contributed by atoms with Gasteiger partial charge >= 0.3 is 6.09 Å². The van der Waals surface area contributed by atoms with Crippen molar-refractivity contribution in [3.63, 3.8) is 0 Å². The Morgan fingerprint density at radius 1 is 1.16 bits per heavy atom. The van der Waals surface area contributed by atoms with Gasteiger partial charge in [-0.1, -0.05) is 48.2 Å². The first-order valence-electron chi connectivity index (χ1n) is 7.75. The van der Waals surface area contributed by atoms with Gasteiger partial charge in [0.05, 0.1) is 7.11 Å². The molecule has 0 radical (unpaired) electrons. The van der Waals surface area contributed by atoms with E-state index in [1.54, 1.807) is 18.2 Å². The van der Waals surface area contributed by atoms with Crippen molar-refractivity contribution in [2.45, 2.75) is 13.0 Å². The number of hydrogen-bond acceptors (Lipinski definition) is 4. The molecule has 0 atom stereocenters. The number of carbonyl (C=O) groups is 1. The normalized spacial score (nSPS) is 9.28. The molecule has 0 bridgehead atoms. The van der Waals surface area contributed by atoms with E-state index in [4.69, 9.17) is 9.47 Å². The van der Waals surface area contributed by atoms with Crippen LogP contribution >= 0.6 is 0 Å². The van der Waals surface area contributed by atoms with Crippen LogP contribution in [0.5, 0.6) is 5.75 Å². The molecular formula is C20H18N2O3. The number of benzene rings is 2. The second kappa shape index (κ2) is 9.64. The highest BCUT2D eigenvalue weighted by Gasteiger charge is 2.05. The summed E-state index contributed by atoms with van der Waals surface area (Å²) in [5.41, 5.74) is 1.95. The highest BCUT2D eigenvalue weighted by molar-refractivity contribution is 5.67. The average molecular weight is 334 g/mol. The summed E-state index contributed by atoms with van der Waals surface area (Å²) >= 11 is 0. The van der Waals surface area contributed by atoms with Crippen molar-refractivity contribution in [3.05, 3.63) is 65.2 Å². The summed E-state index contributed by atoms with van der Waals surface area (Å²) in [6.07, 6.45) is -0.0348. The SMILES string of the molecule is COc1cccc(C#CCCNC(=O)OCc2ccccc2)c1C#N. The number of carbonyl (C=O) groups excluding carboxylic acids is 1. The molecule has 0 saturated carbocycles. The lowest BCUT2D eigenvalue weighted by Gasteiger charge is -2.05. The molecule has 5 nitrogen and oxygen atoms in total. The summed E-state index contributed by atoms with van der Waals surface area (Å²) in [4.78, 5) is 11.6. The fraction of sp³-hybridized carbons (Fsp3) is 0.200. The molecule has 0 fully saturated rings. The van der Waals surface area contributed by atoms with Gasteiger partial charge in [-0.2, -0.15) is 5.26 Å². The Kier molecular flexibility index (Phi) is 6.91. The molecule has 2 aromatic rings. The molecule has 0 aliphatic carbocycles. The van der Waals surface area contributed by atoms with Crippen LogP contribution in [0.4, 0.5) is 4.79 Å². The highest BCUT2D eigenvalue weighted by atomic mass is 16.5. The monoisotopic (exact) mass is 334 g/mol. The van der Waals surface area contributed by atoms with Gasteiger partial charge in [-0.15, -0.1) is 0 Å². The summed E-state index contributed by atoms with van der Waals surface area (Å²) in [5, 5.41) is 11.8. The molecule has 0 aromatic heterocycles. The Morgan fingerprint density at radius 3 is 2.68 bits per heavy atom. The molecule has 5 heteroatoms. The molecule has 2 rings (SSSR count). The van der Waals surface area contributed by atoms with E-state index < -0.39 is 6.09 Å². The van der Waals surface area contributed by atoms with Crippen molar-refractivity contribution in [2.24, 2.45) is 0 Å². The fourth-order valence-corrected chi connectivity index (χ4v) is 2.08. The first-order valence-corrected chi connectivity index (χ1v) is 7.75. The number of ether oxygens (including phenoxy) is 2. The van der Waals surface area contributed by atoms with E-state index in [9.17, 15) is 10.1 Å². The Balaban J connectivity index is 1.78. The van der Waals surface area contributed by atoms with E-state index in [1.165, 1.54) is 7.11 Å². The van der Waals surface area contributed by atoms with E-state index in [0.29, 0.717) is 29.8 Å². The van der Waals surface area contributed by atoms with Gasteiger partial charge in [-0.3, -0.25) is 0 Å². The first kappa shape index (κ1) is 17.9. The molecule has 0 aliphatic rings. The Hall–Kier alpha value is -3.44. The van der Waals surface area contributed by atoms with Gasteiger partial charge in [-0.25, -0.2) is 4.79 Å². The molecule has 1 N–H and O–H groups in total. The number of alkyl carbamates (subject to hydrolysis) is 1. The molecule has 1 amide bonds.